The summed E-state index contributed by atoms with van der Waals surface area (Å²) in [6.07, 6.45) is 3.71. The molecule has 1 aliphatic heterocycles. The quantitative estimate of drug-likeness (QED) is 0.403. The fraction of sp³-hybridized carbons (Fsp3) is 0.333. The zero-order chi connectivity index (χ0) is 22.4. The van der Waals surface area contributed by atoms with E-state index in [0.29, 0.717) is 17.7 Å². The summed E-state index contributed by atoms with van der Waals surface area (Å²) in [5, 5.41) is 20.9. The molecule has 1 aliphatic rings. The van der Waals surface area contributed by atoms with Crippen LogP contribution < -0.4 is 15.8 Å². The van der Waals surface area contributed by atoms with Gasteiger partial charge in [0.15, 0.2) is 0 Å². The lowest BCUT2D eigenvalue weighted by Crippen LogP contribution is -2.40. The number of nitrogen functional groups attached to an aromatic ring is 1. The van der Waals surface area contributed by atoms with E-state index in [-0.39, 0.29) is 23.6 Å². The van der Waals surface area contributed by atoms with Crippen LogP contribution in [0, 0.1) is 5.41 Å². The molecule has 0 unspecified atom stereocenters. The minimum Gasteiger partial charge on any atom is -0.507 e. The predicted molar refractivity (Wildman–Crippen MR) is 124 cm³/mol. The number of carbonyl (C=O) groups is 1. The monoisotopic (exact) mass is 422 g/mol. The van der Waals surface area contributed by atoms with Crippen LogP contribution in [0.1, 0.15) is 37.8 Å². The molecule has 0 aromatic heterocycles. The van der Waals surface area contributed by atoms with E-state index in [1.165, 1.54) is 0 Å². The highest BCUT2D eigenvalue weighted by atomic mass is 16.5. The van der Waals surface area contributed by atoms with Crippen molar-refractivity contribution in [3.05, 3.63) is 59.2 Å². The molecule has 1 amide bonds. The Labute approximate surface area is 183 Å². The molecule has 2 aromatic rings. The zero-order valence-corrected chi connectivity index (χ0v) is 18.0. The smallest absolute Gasteiger partial charge is 0.219 e. The fourth-order valence-corrected chi connectivity index (χ4v) is 3.53. The van der Waals surface area contributed by atoms with Gasteiger partial charge in [0.2, 0.25) is 5.91 Å². The zero-order valence-electron chi connectivity index (χ0n) is 18.0. The largest absolute Gasteiger partial charge is 0.507 e. The predicted octanol–water partition coefficient (Wildman–Crippen LogP) is 3.58. The van der Waals surface area contributed by atoms with Crippen molar-refractivity contribution < 1.29 is 14.6 Å². The van der Waals surface area contributed by atoms with Gasteiger partial charge >= 0.3 is 0 Å². The second kappa shape index (κ2) is 10.0. The summed E-state index contributed by atoms with van der Waals surface area (Å²) in [5.41, 5.74) is 8.73. The Morgan fingerprint density at radius 2 is 1.90 bits per heavy atom. The van der Waals surface area contributed by atoms with Gasteiger partial charge in [-0.3, -0.25) is 10.2 Å². The molecule has 1 heterocycles. The lowest BCUT2D eigenvalue weighted by Gasteiger charge is -2.31. The number of hydrogen-bond donors (Lipinski definition) is 4. The Kier molecular flexibility index (Phi) is 7.18. The van der Waals surface area contributed by atoms with Crippen LogP contribution in [0.25, 0.3) is 6.08 Å². The Morgan fingerprint density at radius 1 is 1.23 bits per heavy atom. The van der Waals surface area contributed by atoms with Crippen molar-refractivity contribution in [1.29, 1.82) is 5.41 Å². The molecule has 1 saturated heterocycles. The van der Waals surface area contributed by atoms with Crippen molar-refractivity contribution in [2.45, 2.75) is 32.8 Å². The molecule has 5 N–H and O–H groups in total. The lowest BCUT2D eigenvalue weighted by atomic mass is 10.1. The average molecular weight is 423 g/mol. The molecule has 0 spiro atoms. The highest BCUT2D eigenvalue weighted by molar-refractivity contribution is 5.95. The third-order valence-electron chi connectivity index (χ3n) is 5.36. The first-order valence-corrected chi connectivity index (χ1v) is 10.4. The molecule has 0 aliphatic carbocycles. The molecule has 3 rings (SSSR count). The summed E-state index contributed by atoms with van der Waals surface area (Å²) in [7, 11) is 0. The maximum Gasteiger partial charge on any atom is 0.219 e. The van der Waals surface area contributed by atoms with Crippen LogP contribution in [0.15, 0.2) is 48.0 Å². The van der Waals surface area contributed by atoms with Gasteiger partial charge < -0.3 is 25.8 Å². The van der Waals surface area contributed by atoms with E-state index in [1.807, 2.05) is 42.2 Å². The van der Waals surface area contributed by atoms with E-state index in [4.69, 9.17) is 15.9 Å². The molecular formula is C24H30N4O3. The SMILES string of the molecule is CC(=O)N1CCC(Oc2ccc(NCC(C)=Cc3cc(C(=N)N)ccc3O)cc2)CC1. The van der Waals surface area contributed by atoms with Crippen molar-refractivity contribution in [2.75, 3.05) is 25.0 Å². The van der Waals surface area contributed by atoms with Crippen molar-refractivity contribution in [3.63, 3.8) is 0 Å². The van der Waals surface area contributed by atoms with Crippen LogP contribution in [-0.2, 0) is 4.79 Å². The number of nitrogens with one attached hydrogen (secondary N) is 2. The van der Waals surface area contributed by atoms with E-state index in [9.17, 15) is 9.90 Å². The number of ether oxygens (including phenoxy) is 1. The molecule has 2 aromatic carbocycles. The summed E-state index contributed by atoms with van der Waals surface area (Å²) in [6, 6.07) is 12.7. The van der Waals surface area contributed by atoms with E-state index in [0.717, 1.165) is 42.9 Å². The van der Waals surface area contributed by atoms with Crippen LogP contribution in [0.2, 0.25) is 0 Å². The van der Waals surface area contributed by atoms with Gasteiger partial charge in [0.25, 0.3) is 0 Å². The van der Waals surface area contributed by atoms with Crippen LogP contribution in [-0.4, -0.2) is 47.5 Å². The van der Waals surface area contributed by atoms with Crippen LogP contribution >= 0.6 is 0 Å². The average Bonchev–Trinajstić information content (AvgIpc) is 2.75. The Balaban J connectivity index is 1.52. The van der Waals surface area contributed by atoms with Gasteiger partial charge in [0, 0.05) is 56.2 Å². The molecule has 7 heteroatoms. The molecule has 1 fully saturated rings. The Hall–Kier alpha value is -3.48. The Bertz CT molecular complexity index is 961. The number of hydrogen-bond acceptors (Lipinski definition) is 5. The molecule has 0 atom stereocenters. The lowest BCUT2D eigenvalue weighted by molar-refractivity contribution is -0.130. The number of phenols is 1. The molecule has 164 valence electrons. The van der Waals surface area contributed by atoms with Crippen molar-refractivity contribution >= 4 is 23.5 Å². The van der Waals surface area contributed by atoms with Gasteiger partial charge in [-0.1, -0.05) is 11.6 Å². The number of phenolic OH excluding ortho intramolecular Hbond substituents is 1. The minimum absolute atomic E-state index is 0.0304. The molecule has 0 bridgehead atoms. The van der Waals surface area contributed by atoms with E-state index in [2.05, 4.69) is 5.32 Å². The summed E-state index contributed by atoms with van der Waals surface area (Å²) in [5.74, 6) is 1.07. The van der Waals surface area contributed by atoms with Gasteiger partial charge in [-0.25, -0.2) is 0 Å². The minimum atomic E-state index is -0.0304. The highest BCUT2D eigenvalue weighted by Crippen LogP contribution is 2.23. The molecular weight excluding hydrogens is 392 g/mol. The number of anilines is 1. The van der Waals surface area contributed by atoms with Gasteiger partial charge in [-0.2, -0.15) is 0 Å². The summed E-state index contributed by atoms with van der Waals surface area (Å²) >= 11 is 0. The molecule has 0 saturated carbocycles. The molecule has 0 radical (unpaired) electrons. The first kappa shape index (κ1) is 22.2. The number of nitrogens with two attached hydrogens (primary N) is 1. The Morgan fingerprint density at radius 3 is 2.52 bits per heavy atom. The number of amides is 1. The first-order valence-electron chi connectivity index (χ1n) is 10.4. The van der Waals surface area contributed by atoms with Gasteiger partial charge in [-0.05, 0) is 49.4 Å². The van der Waals surface area contributed by atoms with E-state index in [1.54, 1.807) is 25.1 Å². The van der Waals surface area contributed by atoms with Gasteiger partial charge in [-0.15, -0.1) is 0 Å². The maximum absolute atomic E-state index is 11.4. The fourth-order valence-electron chi connectivity index (χ4n) is 3.53. The molecule has 31 heavy (non-hydrogen) atoms. The highest BCUT2D eigenvalue weighted by Gasteiger charge is 2.21. The van der Waals surface area contributed by atoms with Crippen LogP contribution in [0.5, 0.6) is 11.5 Å². The number of amidine groups is 1. The standard InChI is InChI=1S/C24H30N4O3/c1-16(13-19-14-18(24(25)26)3-8-23(19)30)15-27-20-4-6-21(7-5-20)31-22-9-11-28(12-10-22)17(2)29/h3-8,13-14,22,27,30H,9-12,15H2,1-2H3,(H3,25,26). The third kappa shape index (κ3) is 6.25. The summed E-state index contributed by atoms with van der Waals surface area (Å²) in [6.45, 7) is 5.67. The number of carbonyl (C=O) groups excluding carboxylic acids is 1. The third-order valence-corrected chi connectivity index (χ3v) is 5.36. The second-order valence-corrected chi connectivity index (χ2v) is 7.88. The normalized spacial score (nSPS) is 14.9. The topological polar surface area (TPSA) is 112 Å². The number of benzene rings is 2. The van der Waals surface area contributed by atoms with E-state index >= 15 is 0 Å². The van der Waals surface area contributed by atoms with Crippen LogP contribution in [0.4, 0.5) is 5.69 Å². The summed E-state index contributed by atoms with van der Waals surface area (Å²) in [4.78, 5) is 13.3. The van der Waals surface area contributed by atoms with Crippen LogP contribution in [0.3, 0.4) is 0 Å². The second-order valence-electron chi connectivity index (χ2n) is 7.88. The van der Waals surface area contributed by atoms with Gasteiger partial charge in [0.1, 0.15) is 23.4 Å². The first-order chi connectivity index (χ1) is 14.8. The van der Waals surface area contributed by atoms with Gasteiger partial charge in [0.05, 0.1) is 0 Å². The van der Waals surface area contributed by atoms with Crippen molar-refractivity contribution in [1.82, 2.24) is 4.90 Å². The number of likely N-dealkylation sites (tertiary alicyclic amines) is 1. The summed E-state index contributed by atoms with van der Waals surface area (Å²) < 4.78 is 6.05. The number of aromatic hydroxyl groups is 1. The van der Waals surface area contributed by atoms with Crippen molar-refractivity contribution in [3.8, 4) is 11.5 Å². The maximum atomic E-state index is 11.4. The number of nitrogens with zero attached hydrogens (tertiary/aromatic N) is 1. The molecule has 7 nitrogen and oxygen atoms in total. The number of piperidine rings is 1. The van der Waals surface area contributed by atoms with Crippen molar-refractivity contribution in [2.24, 2.45) is 5.73 Å². The number of rotatable bonds is 7. The van der Waals surface area contributed by atoms with E-state index < -0.39 is 0 Å².